The third-order valence-electron chi connectivity index (χ3n) is 8.81. The molecule has 4 N–H and O–H groups in total. The average Bonchev–Trinajstić information content (AvgIpc) is 3.02. The van der Waals surface area contributed by atoms with E-state index < -0.39 is 17.8 Å². The summed E-state index contributed by atoms with van der Waals surface area (Å²) in [5.74, 6) is 1.78. The smallest absolute Gasteiger partial charge is 0.0652 e. The van der Waals surface area contributed by atoms with E-state index in [1.807, 2.05) is 13.8 Å². The fourth-order valence-corrected chi connectivity index (χ4v) is 7.11. The normalized spacial score (nSPS) is 40.3. The van der Waals surface area contributed by atoms with Crippen molar-refractivity contribution in [2.45, 2.75) is 110 Å². The lowest BCUT2D eigenvalue weighted by Gasteiger charge is -2.44. The molecule has 3 aliphatic rings. The molecule has 0 aromatic rings. The molecule has 0 spiro atoms. The molecule has 4 nitrogen and oxygen atoms in total. The molecular formula is C27H46O4. The van der Waals surface area contributed by atoms with E-state index in [1.165, 1.54) is 37.7 Å². The topological polar surface area (TPSA) is 80.9 Å². The van der Waals surface area contributed by atoms with Gasteiger partial charge in [-0.2, -0.15) is 0 Å². The quantitative estimate of drug-likeness (QED) is 0.466. The van der Waals surface area contributed by atoms with Gasteiger partial charge in [-0.1, -0.05) is 50.0 Å². The van der Waals surface area contributed by atoms with Gasteiger partial charge in [0.05, 0.1) is 24.4 Å². The molecule has 0 saturated heterocycles. The summed E-state index contributed by atoms with van der Waals surface area (Å²) < 4.78 is 0. The molecule has 0 amide bonds. The van der Waals surface area contributed by atoms with Crippen LogP contribution in [0.5, 0.6) is 0 Å². The van der Waals surface area contributed by atoms with Crippen molar-refractivity contribution in [3.05, 3.63) is 23.3 Å². The summed E-state index contributed by atoms with van der Waals surface area (Å²) in [6, 6.07) is 0. The Morgan fingerprint density at radius 3 is 2.55 bits per heavy atom. The molecular weight excluding hydrogens is 388 g/mol. The van der Waals surface area contributed by atoms with Crippen LogP contribution in [0.25, 0.3) is 0 Å². The largest absolute Gasteiger partial charge is 0.396 e. The zero-order valence-corrected chi connectivity index (χ0v) is 20.2. The van der Waals surface area contributed by atoms with E-state index in [4.69, 9.17) is 0 Å². The molecule has 4 heteroatoms. The summed E-state index contributed by atoms with van der Waals surface area (Å²) in [4.78, 5) is 0. The third-order valence-corrected chi connectivity index (χ3v) is 8.81. The molecule has 3 fully saturated rings. The van der Waals surface area contributed by atoms with Crippen LogP contribution < -0.4 is 0 Å². The van der Waals surface area contributed by atoms with E-state index >= 15 is 0 Å². The predicted molar refractivity (Wildman–Crippen MR) is 125 cm³/mol. The van der Waals surface area contributed by atoms with Crippen LogP contribution in [0.1, 0.15) is 91.9 Å². The van der Waals surface area contributed by atoms with Crippen molar-refractivity contribution in [3.63, 3.8) is 0 Å². The number of fused-ring (bicyclic) bond motifs is 1. The second-order valence-electron chi connectivity index (χ2n) is 11.7. The van der Waals surface area contributed by atoms with E-state index in [0.717, 1.165) is 30.8 Å². The van der Waals surface area contributed by atoms with Crippen molar-refractivity contribution in [1.82, 2.24) is 0 Å². The van der Waals surface area contributed by atoms with E-state index in [2.05, 4.69) is 26.0 Å². The van der Waals surface area contributed by atoms with Gasteiger partial charge < -0.3 is 20.4 Å². The Balaban J connectivity index is 1.71. The van der Waals surface area contributed by atoms with Crippen LogP contribution in [0.15, 0.2) is 23.3 Å². The predicted octanol–water partition coefficient (Wildman–Crippen LogP) is 4.76. The summed E-state index contributed by atoms with van der Waals surface area (Å²) in [7, 11) is 0. The summed E-state index contributed by atoms with van der Waals surface area (Å²) in [6.07, 6.45) is 13.4. The maximum Gasteiger partial charge on any atom is 0.0652 e. The minimum absolute atomic E-state index is 0.0612. The molecule has 178 valence electrons. The fraction of sp³-hybridized carbons (Fsp3) is 0.852. The van der Waals surface area contributed by atoms with Gasteiger partial charge in [-0.25, -0.2) is 0 Å². The van der Waals surface area contributed by atoms with Crippen LogP contribution in [-0.2, 0) is 0 Å². The van der Waals surface area contributed by atoms with Crippen LogP contribution in [0.2, 0.25) is 0 Å². The highest BCUT2D eigenvalue weighted by atomic mass is 16.3. The SMILES string of the molecule is C[C@H](CCCC(C)(C)O)C1CCC2/C(=C/C=C3/C[C@@H](O)C[C@H](O)[C@H]3CO)CCC[C@@]21C. The zero-order chi connectivity index (χ0) is 22.8. The van der Waals surface area contributed by atoms with Crippen LogP contribution in [-0.4, -0.2) is 44.8 Å². The first-order valence-corrected chi connectivity index (χ1v) is 12.6. The van der Waals surface area contributed by atoms with Gasteiger partial charge in [0.2, 0.25) is 0 Å². The first-order valence-electron chi connectivity index (χ1n) is 12.6. The maximum atomic E-state index is 10.3. The van der Waals surface area contributed by atoms with Crippen LogP contribution in [0.4, 0.5) is 0 Å². The molecule has 0 bridgehead atoms. The minimum atomic E-state index is -0.657. The Morgan fingerprint density at radius 1 is 1.16 bits per heavy atom. The molecule has 31 heavy (non-hydrogen) atoms. The molecule has 3 rings (SSSR count). The molecule has 3 saturated carbocycles. The van der Waals surface area contributed by atoms with Gasteiger partial charge in [0.25, 0.3) is 0 Å². The lowest BCUT2D eigenvalue weighted by Crippen LogP contribution is -2.36. The highest BCUT2D eigenvalue weighted by Crippen LogP contribution is 2.60. The van der Waals surface area contributed by atoms with Gasteiger partial charge in [-0.15, -0.1) is 0 Å². The Hall–Kier alpha value is -0.680. The van der Waals surface area contributed by atoms with Crippen LogP contribution in [0, 0.1) is 29.1 Å². The zero-order valence-electron chi connectivity index (χ0n) is 20.2. The maximum absolute atomic E-state index is 10.3. The second kappa shape index (κ2) is 10.1. The Kier molecular flexibility index (Phi) is 8.11. The van der Waals surface area contributed by atoms with Gasteiger partial charge in [0.1, 0.15) is 0 Å². The van der Waals surface area contributed by atoms with Gasteiger partial charge in [0, 0.05) is 12.3 Å². The summed E-state index contributed by atoms with van der Waals surface area (Å²) in [5.41, 5.74) is 2.29. The first kappa shape index (κ1) is 25.0. The lowest BCUT2D eigenvalue weighted by molar-refractivity contribution is 0.0102. The van der Waals surface area contributed by atoms with Crippen molar-refractivity contribution < 1.29 is 20.4 Å². The van der Waals surface area contributed by atoms with Crippen LogP contribution >= 0.6 is 0 Å². The number of hydrogen-bond donors (Lipinski definition) is 4. The highest BCUT2D eigenvalue weighted by Gasteiger charge is 2.50. The van der Waals surface area contributed by atoms with E-state index in [9.17, 15) is 20.4 Å². The van der Waals surface area contributed by atoms with E-state index in [0.29, 0.717) is 30.1 Å². The molecule has 7 atom stereocenters. The van der Waals surface area contributed by atoms with Gasteiger partial charge in [-0.3, -0.25) is 0 Å². The van der Waals surface area contributed by atoms with Gasteiger partial charge in [-0.05, 0) is 82.0 Å². The van der Waals surface area contributed by atoms with Crippen LogP contribution in [0.3, 0.4) is 0 Å². The number of aliphatic hydroxyl groups excluding tert-OH is 3. The summed E-state index contributed by atoms with van der Waals surface area (Å²) >= 11 is 0. The lowest BCUT2D eigenvalue weighted by atomic mass is 9.60. The third kappa shape index (κ3) is 5.82. The van der Waals surface area contributed by atoms with Gasteiger partial charge >= 0.3 is 0 Å². The Labute approximate surface area is 189 Å². The number of rotatable bonds is 7. The number of hydrogen-bond acceptors (Lipinski definition) is 4. The van der Waals surface area contributed by atoms with Crippen molar-refractivity contribution >= 4 is 0 Å². The molecule has 3 aliphatic carbocycles. The Bertz CT molecular complexity index is 661. The van der Waals surface area contributed by atoms with Crippen molar-refractivity contribution in [3.8, 4) is 0 Å². The fourth-order valence-electron chi connectivity index (χ4n) is 7.11. The first-order chi connectivity index (χ1) is 14.5. The minimum Gasteiger partial charge on any atom is -0.396 e. The summed E-state index contributed by atoms with van der Waals surface area (Å²) in [6.45, 7) is 8.67. The van der Waals surface area contributed by atoms with Crippen molar-refractivity contribution in [2.75, 3.05) is 6.61 Å². The molecule has 0 aromatic carbocycles. The molecule has 2 unspecified atom stereocenters. The Morgan fingerprint density at radius 2 is 1.87 bits per heavy atom. The second-order valence-corrected chi connectivity index (χ2v) is 11.7. The molecule has 0 radical (unpaired) electrons. The number of aliphatic hydroxyl groups is 4. The molecule has 0 aliphatic heterocycles. The van der Waals surface area contributed by atoms with E-state index in [1.54, 1.807) is 0 Å². The monoisotopic (exact) mass is 434 g/mol. The average molecular weight is 435 g/mol. The highest BCUT2D eigenvalue weighted by molar-refractivity contribution is 5.27. The molecule has 0 aromatic heterocycles. The van der Waals surface area contributed by atoms with Gasteiger partial charge in [0.15, 0.2) is 0 Å². The van der Waals surface area contributed by atoms with Crippen molar-refractivity contribution in [2.24, 2.45) is 29.1 Å². The summed E-state index contributed by atoms with van der Waals surface area (Å²) in [5, 5.41) is 40.1. The van der Waals surface area contributed by atoms with E-state index in [-0.39, 0.29) is 12.5 Å². The standard InChI is InChI=1S/C27H46O4/c1-18(7-5-13-26(2,3)31)23-11-12-24-19(8-6-14-27(23,24)4)9-10-20-15-21(29)16-25(30)22(20)17-28/h9-10,18,21-25,28-31H,5-8,11-17H2,1-4H3/b19-9+,20-10-/t18-,21-,22+,23?,24?,25+,27-/m1/s1. The number of allylic oxidation sites excluding steroid dienone is 3. The van der Waals surface area contributed by atoms with Crippen molar-refractivity contribution in [1.29, 1.82) is 0 Å². The molecule has 0 heterocycles.